The zero-order valence-corrected chi connectivity index (χ0v) is 17.6. The molecule has 1 aromatic rings. The van der Waals surface area contributed by atoms with Crippen molar-refractivity contribution in [2.24, 2.45) is 22.5 Å². The number of allylic oxidation sites excluding steroid dienone is 1. The number of amides is 1. The monoisotopic (exact) mass is 420 g/mol. The minimum atomic E-state index is -0.644. The van der Waals surface area contributed by atoms with Crippen molar-refractivity contribution in [3.63, 3.8) is 0 Å². The van der Waals surface area contributed by atoms with Crippen molar-refractivity contribution in [3.8, 4) is 0 Å². The number of nitrogens with one attached hydrogen (secondary N) is 2. The van der Waals surface area contributed by atoms with Gasteiger partial charge in [0, 0.05) is 21.4 Å². The van der Waals surface area contributed by atoms with Gasteiger partial charge in [-0.2, -0.15) is 0 Å². The smallest absolute Gasteiger partial charge is 0.236 e. The topological polar surface area (TPSA) is 121 Å². The van der Waals surface area contributed by atoms with Gasteiger partial charge in [-0.3, -0.25) is 20.6 Å². The zero-order valence-electron chi connectivity index (χ0n) is 16.1. The number of halogens is 1. The fourth-order valence-electron chi connectivity index (χ4n) is 3.52. The predicted octanol–water partition coefficient (Wildman–Crippen LogP) is 2.46. The quantitative estimate of drug-likeness (QED) is 0.197. The Labute approximate surface area is 174 Å². The van der Waals surface area contributed by atoms with Crippen molar-refractivity contribution < 1.29 is 4.79 Å². The molecule has 0 aliphatic carbocycles. The summed E-state index contributed by atoms with van der Waals surface area (Å²) in [6.07, 6.45) is -0.608. The Bertz CT molecular complexity index is 852. The number of hydrazine groups is 1. The van der Waals surface area contributed by atoms with Crippen LogP contribution in [0.25, 0.3) is 0 Å². The van der Waals surface area contributed by atoms with Gasteiger partial charge in [-0.1, -0.05) is 37.6 Å². The van der Waals surface area contributed by atoms with Gasteiger partial charge in [0.2, 0.25) is 5.91 Å². The molecule has 6 N–H and O–H groups in total. The molecule has 28 heavy (non-hydrogen) atoms. The molecular weight excluding hydrogens is 396 g/mol. The lowest BCUT2D eigenvalue weighted by atomic mass is 9.91. The third-order valence-electron chi connectivity index (χ3n) is 5.18. The fraction of sp³-hybridized carbons (Fsp3) is 0.421. The molecule has 7 nitrogen and oxygen atoms in total. The molecule has 3 unspecified atom stereocenters. The first-order valence-electron chi connectivity index (χ1n) is 9.09. The lowest BCUT2D eigenvalue weighted by Gasteiger charge is -2.33. The molecule has 1 aromatic carbocycles. The maximum absolute atomic E-state index is 12.0. The average molecular weight is 421 g/mol. The lowest BCUT2D eigenvalue weighted by Crippen LogP contribution is -2.51. The number of benzene rings is 1. The first-order valence-corrected chi connectivity index (χ1v) is 10.3. The Kier molecular flexibility index (Phi) is 6.14. The largest absolute Gasteiger partial charge is 0.309 e. The fourth-order valence-corrected chi connectivity index (χ4v) is 5.12. The SMILES string of the molecule is CC(=N)N1C2=C(C(c3ccc(Cl)cc3)=N[C@@H](CC(=O)NN)C1N)C(C)C(C)S2. The number of carbonyl (C=O) groups excluding carboxylic acids is 1. The van der Waals surface area contributed by atoms with E-state index in [4.69, 9.17) is 33.6 Å². The van der Waals surface area contributed by atoms with E-state index in [0.29, 0.717) is 16.1 Å². The van der Waals surface area contributed by atoms with Gasteiger partial charge in [0.1, 0.15) is 6.17 Å². The van der Waals surface area contributed by atoms with Gasteiger partial charge in [0.25, 0.3) is 0 Å². The van der Waals surface area contributed by atoms with Crippen LogP contribution in [-0.2, 0) is 4.79 Å². The summed E-state index contributed by atoms with van der Waals surface area (Å²) in [5.74, 6) is 5.47. The first kappa shape index (κ1) is 20.9. The Hall–Kier alpha value is -1.87. The van der Waals surface area contributed by atoms with Crippen LogP contribution in [0.15, 0.2) is 39.9 Å². The summed E-state index contributed by atoms with van der Waals surface area (Å²) in [7, 11) is 0. The second-order valence-corrected chi connectivity index (χ2v) is 8.90. The minimum absolute atomic E-state index is 0.0354. The number of rotatable bonds is 3. The highest BCUT2D eigenvalue weighted by Crippen LogP contribution is 2.47. The van der Waals surface area contributed by atoms with Crippen molar-refractivity contribution in [1.29, 1.82) is 5.41 Å². The normalized spacial score (nSPS) is 27.2. The molecule has 0 saturated heterocycles. The molecule has 0 fully saturated rings. The molecule has 0 spiro atoms. The van der Waals surface area contributed by atoms with Crippen LogP contribution in [0.1, 0.15) is 32.8 Å². The number of nitrogens with zero attached hydrogens (tertiary/aromatic N) is 2. The van der Waals surface area contributed by atoms with E-state index in [1.54, 1.807) is 23.6 Å². The van der Waals surface area contributed by atoms with Crippen LogP contribution in [0, 0.1) is 11.3 Å². The lowest BCUT2D eigenvalue weighted by molar-refractivity contribution is -0.121. The van der Waals surface area contributed by atoms with E-state index in [9.17, 15) is 4.79 Å². The van der Waals surface area contributed by atoms with Crippen molar-refractivity contribution in [1.82, 2.24) is 10.3 Å². The highest BCUT2D eigenvalue weighted by atomic mass is 35.5. The van der Waals surface area contributed by atoms with E-state index in [1.807, 2.05) is 24.3 Å². The highest BCUT2D eigenvalue weighted by molar-refractivity contribution is 8.03. The molecule has 2 heterocycles. The number of amidine groups is 1. The first-order chi connectivity index (χ1) is 13.2. The summed E-state index contributed by atoms with van der Waals surface area (Å²) in [4.78, 5) is 18.7. The summed E-state index contributed by atoms with van der Waals surface area (Å²) in [5.41, 5.74) is 11.4. The van der Waals surface area contributed by atoms with E-state index < -0.39 is 12.2 Å². The highest BCUT2D eigenvalue weighted by Gasteiger charge is 2.42. The minimum Gasteiger partial charge on any atom is -0.309 e. The summed E-state index contributed by atoms with van der Waals surface area (Å²) < 4.78 is 0. The Morgan fingerprint density at radius 2 is 2.00 bits per heavy atom. The molecule has 0 radical (unpaired) electrons. The maximum atomic E-state index is 12.0. The summed E-state index contributed by atoms with van der Waals surface area (Å²) in [5, 5.41) is 10.2. The number of aliphatic imine (C=N–C) groups is 1. The molecule has 4 atom stereocenters. The van der Waals surface area contributed by atoms with E-state index in [1.165, 1.54) is 0 Å². The van der Waals surface area contributed by atoms with Gasteiger partial charge in [0.05, 0.1) is 29.0 Å². The second kappa shape index (κ2) is 8.24. The molecular formula is C19H25ClN6OS. The molecule has 1 amide bonds. The second-order valence-electron chi connectivity index (χ2n) is 7.10. The number of hydrogen-bond donors (Lipinski definition) is 4. The van der Waals surface area contributed by atoms with E-state index in [2.05, 4.69) is 19.3 Å². The van der Waals surface area contributed by atoms with Crippen LogP contribution in [0.4, 0.5) is 0 Å². The van der Waals surface area contributed by atoms with Gasteiger partial charge < -0.3 is 10.6 Å². The van der Waals surface area contributed by atoms with Crippen LogP contribution >= 0.6 is 23.4 Å². The van der Waals surface area contributed by atoms with Crippen molar-refractivity contribution in [3.05, 3.63) is 45.5 Å². The third-order valence-corrected chi connectivity index (χ3v) is 6.86. The number of carbonyl (C=O) groups is 1. The van der Waals surface area contributed by atoms with Crippen molar-refractivity contribution in [2.45, 2.75) is 44.6 Å². The van der Waals surface area contributed by atoms with Crippen LogP contribution in [0.3, 0.4) is 0 Å². The molecule has 9 heteroatoms. The Balaban J connectivity index is 2.20. The molecule has 0 aromatic heterocycles. The molecule has 3 rings (SSSR count). The summed E-state index contributed by atoms with van der Waals surface area (Å²) in [6.45, 7) is 6.01. The summed E-state index contributed by atoms with van der Waals surface area (Å²) in [6, 6.07) is 6.93. The standard InChI is InChI=1S/C19H25ClN6OS/c1-9-10(2)28-19-16(9)17(12-4-6-13(20)7-5-12)24-14(8-15(27)25-23)18(22)26(19)11(3)21/h4-7,9-10,14,18,21H,8,22-23H2,1-3H3,(H,25,27)/t9?,10?,14-,18?/m0/s1. The molecule has 0 bridgehead atoms. The Morgan fingerprint density at radius 3 is 2.57 bits per heavy atom. The van der Waals surface area contributed by atoms with Crippen molar-refractivity contribution >= 4 is 40.8 Å². The number of thioether (sulfide) groups is 1. The van der Waals surface area contributed by atoms with Gasteiger partial charge in [0.15, 0.2) is 0 Å². The molecule has 2 aliphatic rings. The van der Waals surface area contributed by atoms with Crippen molar-refractivity contribution in [2.75, 3.05) is 0 Å². The maximum Gasteiger partial charge on any atom is 0.236 e. The molecule has 2 aliphatic heterocycles. The van der Waals surface area contributed by atoms with Crippen LogP contribution in [-0.4, -0.2) is 39.8 Å². The number of nitrogens with two attached hydrogens (primary N) is 2. The number of hydrogen-bond acceptors (Lipinski definition) is 6. The van der Waals surface area contributed by atoms with Gasteiger partial charge >= 0.3 is 0 Å². The van der Waals surface area contributed by atoms with Crippen LogP contribution < -0.4 is 17.0 Å². The summed E-state index contributed by atoms with van der Waals surface area (Å²) >= 11 is 7.76. The average Bonchev–Trinajstić information content (AvgIpc) is 2.86. The molecule has 0 saturated carbocycles. The van der Waals surface area contributed by atoms with Crippen LogP contribution in [0.2, 0.25) is 5.02 Å². The van der Waals surface area contributed by atoms with E-state index >= 15 is 0 Å². The van der Waals surface area contributed by atoms with Crippen LogP contribution in [0.5, 0.6) is 0 Å². The van der Waals surface area contributed by atoms with Gasteiger partial charge in [-0.25, -0.2) is 5.84 Å². The Morgan fingerprint density at radius 1 is 1.36 bits per heavy atom. The van der Waals surface area contributed by atoms with Gasteiger partial charge in [-0.05, 0) is 25.0 Å². The molecule has 150 valence electrons. The third kappa shape index (κ3) is 3.82. The van der Waals surface area contributed by atoms with Gasteiger partial charge in [-0.15, -0.1) is 11.8 Å². The van der Waals surface area contributed by atoms with E-state index in [-0.39, 0.29) is 18.2 Å². The predicted molar refractivity (Wildman–Crippen MR) is 115 cm³/mol. The zero-order chi connectivity index (χ0) is 20.6. The van der Waals surface area contributed by atoms with E-state index in [0.717, 1.165) is 21.9 Å².